The first-order chi connectivity index (χ1) is 11.4. The number of hydrogen-bond acceptors (Lipinski definition) is 6. The predicted molar refractivity (Wildman–Crippen MR) is 85.1 cm³/mol. The van der Waals surface area contributed by atoms with Gasteiger partial charge in [0.15, 0.2) is 11.5 Å². The minimum Gasteiger partial charge on any atom is -0.493 e. The van der Waals surface area contributed by atoms with E-state index in [2.05, 4.69) is 0 Å². The number of nitro benzene ring substituents is 1. The molecule has 2 aromatic rings. The Morgan fingerprint density at radius 3 is 2.04 bits per heavy atom. The van der Waals surface area contributed by atoms with Crippen LogP contribution in [0.3, 0.4) is 0 Å². The van der Waals surface area contributed by atoms with E-state index in [1.165, 1.54) is 33.5 Å². The number of rotatable bonds is 6. The van der Waals surface area contributed by atoms with Crippen molar-refractivity contribution >= 4 is 11.7 Å². The highest BCUT2D eigenvalue weighted by Crippen LogP contribution is 2.42. The molecule has 0 saturated carbocycles. The molecular weight excluding hydrogens is 318 g/mol. The summed E-state index contributed by atoms with van der Waals surface area (Å²) in [5.41, 5.74) is 0.270. The van der Waals surface area contributed by atoms with E-state index >= 15 is 0 Å². The van der Waals surface area contributed by atoms with Crippen molar-refractivity contribution in [3.05, 3.63) is 46.0 Å². The highest BCUT2D eigenvalue weighted by atomic mass is 16.6. The van der Waals surface area contributed by atoms with Crippen molar-refractivity contribution in [3.8, 4) is 28.4 Å². The number of carboxylic acid groups (broad SMARTS) is 1. The number of benzene rings is 2. The van der Waals surface area contributed by atoms with E-state index in [0.29, 0.717) is 28.4 Å². The number of nitrogens with zero attached hydrogens (tertiary/aromatic N) is 1. The smallest absolute Gasteiger partial charge is 0.336 e. The van der Waals surface area contributed by atoms with Crippen LogP contribution < -0.4 is 14.2 Å². The molecule has 0 amide bonds. The summed E-state index contributed by atoms with van der Waals surface area (Å²) in [7, 11) is 4.33. The third kappa shape index (κ3) is 3.07. The first-order valence-corrected chi connectivity index (χ1v) is 6.75. The molecule has 0 unspecified atom stereocenters. The van der Waals surface area contributed by atoms with Crippen molar-refractivity contribution in [3.63, 3.8) is 0 Å². The zero-order valence-corrected chi connectivity index (χ0v) is 13.2. The van der Waals surface area contributed by atoms with E-state index in [1.54, 1.807) is 12.1 Å². The summed E-state index contributed by atoms with van der Waals surface area (Å²) in [6, 6.07) is 6.79. The molecule has 0 aliphatic rings. The van der Waals surface area contributed by atoms with E-state index in [4.69, 9.17) is 14.2 Å². The molecular formula is C16H15NO7. The van der Waals surface area contributed by atoms with E-state index in [1.807, 2.05) is 0 Å². The van der Waals surface area contributed by atoms with Crippen LogP contribution in [0, 0.1) is 10.1 Å². The maximum Gasteiger partial charge on any atom is 0.336 e. The van der Waals surface area contributed by atoms with Crippen molar-refractivity contribution in [2.24, 2.45) is 0 Å². The summed E-state index contributed by atoms with van der Waals surface area (Å²) < 4.78 is 15.7. The van der Waals surface area contributed by atoms with Gasteiger partial charge in [0.1, 0.15) is 0 Å². The number of nitro groups is 1. The van der Waals surface area contributed by atoms with Crippen molar-refractivity contribution in [1.82, 2.24) is 0 Å². The molecule has 0 bridgehead atoms. The molecule has 0 heterocycles. The summed E-state index contributed by atoms with van der Waals surface area (Å²) in [6.45, 7) is 0. The molecule has 2 aromatic carbocycles. The molecule has 0 aliphatic carbocycles. The Balaban J connectivity index is 2.71. The maximum atomic E-state index is 11.5. The van der Waals surface area contributed by atoms with Crippen LogP contribution in [0.15, 0.2) is 30.3 Å². The van der Waals surface area contributed by atoms with Crippen LogP contribution in [0.5, 0.6) is 17.2 Å². The summed E-state index contributed by atoms with van der Waals surface area (Å²) >= 11 is 0. The Morgan fingerprint density at radius 1 is 1.04 bits per heavy atom. The lowest BCUT2D eigenvalue weighted by Crippen LogP contribution is -2.02. The van der Waals surface area contributed by atoms with E-state index in [-0.39, 0.29) is 11.3 Å². The lowest BCUT2D eigenvalue weighted by atomic mass is 9.98. The normalized spacial score (nSPS) is 10.1. The lowest BCUT2D eigenvalue weighted by molar-refractivity contribution is -0.384. The Morgan fingerprint density at radius 2 is 1.62 bits per heavy atom. The fourth-order valence-electron chi connectivity index (χ4n) is 2.31. The molecule has 0 aliphatic heterocycles. The number of aromatic carboxylic acids is 1. The Labute approximate surface area is 137 Å². The topological polar surface area (TPSA) is 108 Å². The van der Waals surface area contributed by atoms with Crippen LogP contribution in [0.2, 0.25) is 0 Å². The van der Waals surface area contributed by atoms with Crippen molar-refractivity contribution in [1.29, 1.82) is 0 Å². The van der Waals surface area contributed by atoms with Gasteiger partial charge in [-0.1, -0.05) is 0 Å². The van der Waals surface area contributed by atoms with Gasteiger partial charge in [-0.25, -0.2) is 4.79 Å². The highest BCUT2D eigenvalue weighted by molar-refractivity contribution is 5.97. The fourth-order valence-corrected chi connectivity index (χ4v) is 2.31. The van der Waals surface area contributed by atoms with Gasteiger partial charge in [-0.3, -0.25) is 10.1 Å². The molecule has 0 atom stereocenters. The van der Waals surface area contributed by atoms with Crippen molar-refractivity contribution < 1.29 is 29.0 Å². The summed E-state index contributed by atoms with van der Waals surface area (Å²) in [5, 5.41) is 20.2. The molecule has 0 fully saturated rings. The predicted octanol–water partition coefficient (Wildman–Crippen LogP) is 2.99. The van der Waals surface area contributed by atoms with Crippen molar-refractivity contribution in [2.75, 3.05) is 21.3 Å². The average molecular weight is 333 g/mol. The maximum absolute atomic E-state index is 11.5. The second-order valence-corrected chi connectivity index (χ2v) is 4.71. The van der Waals surface area contributed by atoms with Crippen LogP contribution in [-0.2, 0) is 0 Å². The number of non-ortho nitro benzene ring substituents is 1. The molecule has 0 radical (unpaired) electrons. The SMILES string of the molecule is COc1cc(-c2ccc([N+](=O)[O-])cc2C(=O)O)cc(OC)c1OC. The van der Waals surface area contributed by atoms with Crippen molar-refractivity contribution in [2.45, 2.75) is 0 Å². The molecule has 2 rings (SSSR count). The second-order valence-electron chi connectivity index (χ2n) is 4.71. The van der Waals surface area contributed by atoms with Gasteiger partial charge in [-0.2, -0.15) is 0 Å². The number of hydrogen-bond donors (Lipinski definition) is 1. The average Bonchev–Trinajstić information content (AvgIpc) is 2.59. The minimum absolute atomic E-state index is 0.196. The molecule has 0 aromatic heterocycles. The zero-order valence-electron chi connectivity index (χ0n) is 13.2. The van der Waals surface area contributed by atoms with E-state index in [9.17, 15) is 20.0 Å². The molecule has 1 N–H and O–H groups in total. The van der Waals surface area contributed by atoms with Crippen LogP contribution in [0.1, 0.15) is 10.4 Å². The molecule has 24 heavy (non-hydrogen) atoms. The fraction of sp³-hybridized carbons (Fsp3) is 0.188. The molecule has 8 heteroatoms. The van der Waals surface area contributed by atoms with Crippen LogP contribution in [0.4, 0.5) is 5.69 Å². The number of carbonyl (C=O) groups is 1. The first kappa shape index (κ1) is 17.1. The Kier molecular flexibility index (Phi) is 4.88. The molecule has 0 spiro atoms. The van der Waals surface area contributed by atoms with Crippen LogP contribution >= 0.6 is 0 Å². The van der Waals surface area contributed by atoms with Gasteiger partial charge < -0.3 is 19.3 Å². The number of methoxy groups -OCH3 is 3. The number of carboxylic acids is 1. The molecule has 126 valence electrons. The Hall–Kier alpha value is -3.29. The number of ether oxygens (including phenoxy) is 3. The standard InChI is InChI=1S/C16H15NO7/c1-22-13-6-9(7-14(23-2)15(13)24-3)11-5-4-10(17(20)21)8-12(11)16(18)19/h4-8H,1-3H3,(H,18,19). The van der Waals surface area contributed by atoms with Crippen LogP contribution in [-0.4, -0.2) is 37.3 Å². The third-order valence-corrected chi connectivity index (χ3v) is 3.42. The summed E-state index contributed by atoms with van der Waals surface area (Å²) in [5.74, 6) is -0.215. The third-order valence-electron chi connectivity index (χ3n) is 3.42. The molecule has 0 saturated heterocycles. The highest BCUT2D eigenvalue weighted by Gasteiger charge is 2.20. The summed E-state index contributed by atoms with van der Waals surface area (Å²) in [6.07, 6.45) is 0. The lowest BCUT2D eigenvalue weighted by Gasteiger charge is -2.15. The van der Waals surface area contributed by atoms with Crippen LogP contribution in [0.25, 0.3) is 11.1 Å². The van der Waals surface area contributed by atoms with E-state index in [0.717, 1.165) is 6.07 Å². The van der Waals surface area contributed by atoms with Gasteiger partial charge in [0.25, 0.3) is 5.69 Å². The Bertz CT molecular complexity index is 776. The summed E-state index contributed by atoms with van der Waals surface area (Å²) in [4.78, 5) is 21.7. The first-order valence-electron chi connectivity index (χ1n) is 6.75. The van der Waals surface area contributed by atoms with Gasteiger partial charge in [-0.05, 0) is 29.3 Å². The van der Waals surface area contributed by atoms with Gasteiger partial charge in [-0.15, -0.1) is 0 Å². The van der Waals surface area contributed by atoms with Gasteiger partial charge in [0.05, 0.1) is 31.8 Å². The minimum atomic E-state index is -1.28. The largest absolute Gasteiger partial charge is 0.493 e. The second kappa shape index (κ2) is 6.86. The quantitative estimate of drug-likeness (QED) is 0.639. The van der Waals surface area contributed by atoms with E-state index < -0.39 is 10.9 Å². The zero-order chi connectivity index (χ0) is 17.9. The molecule has 8 nitrogen and oxygen atoms in total. The van der Waals surface area contributed by atoms with Gasteiger partial charge in [0, 0.05) is 12.1 Å². The van der Waals surface area contributed by atoms with Gasteiger partial charge in [0.2, 0.25) is 5.75 Å². The van der Waals surface area contributed by atoms with Gasteiger partial charge >= 0.3 is 5.97 Å². The monoisotopic (exact) mass is 333 g/mol.